The van der Waals surface area contributed by atoms with E-state index in [1.807, 2.05) is 73.1 Å². The van der Waals surface area contributed by atoms with Gasteiger partial charge in [0.25, 0.3) is 5.91 Å². The Balaban J connectivity index is 1.95. The molecular weight excluding hydrogens is 324 g/mol. The molecule has 0 aliphatic carbocycles. The molecule has 1 unspecified atom stereocenters. The van der Waals surface area contributed by atoms with Crippen LogP contribution in [0.25, 0.3) is 10.9 Å². The maximum absolute atomic E-state index is 13.1. The third-order valence-corrected chi connectivity index (χ3v) is 4.83. The Morgan fingerprint density at radius 1 is 1.19 bits per heavy atom. The van der Waals surface area contributed by atoms with Crippen molar-refractivity contribution < 1.29 is 9.90 Å². The smallest absolute Gasteiger partial charge is 0.256 e. The van der Waals surface area contributed by atoms with Crippen LogP contribution in [0, 0.1) is 6.92 Å². The van der Waals surface area contributed by atoms with Crippen LogP contribution in [0.3, 0.4) is 0 Å². The summed E-state index contributed by atoms with van der Waals surface area (Å²) in [6.07, 6.45) is 0.480. The summed E-state index contributed by atoms with van der Waals surface area (Å²) in [6, 6.07) is 17.6. The highest BCUT2D eigenvalue weighted by molar-refractivity contribution is 5.92. The van der Waals surface area contributed by atoms with E-state index >= 15 is 0 Å². The molecule has 1 amide bonds. The first-order valence-electron chi connectivity index (χ1n) is 8.70. The van der Waals surface area contributed by atoms with Crippen molar-refractivity contribution in [3.05, 3.63) is 84.1 Å². The SMILES string of the molecule is C=CCN(Cc1ccccc1)C(=O)C(O)c1c(C)n(C)c2ccccc12. The molecule has 1 N–H and O–H groups in total. The number of aliphatic hydroxyl groups is 1. The van der Waals surface area contributed by atoms with Gasteiger partial charge in [-0.2, -0.15) is 0 Å². The van der Waals surface area contributed by atoms with Gasteiger partial charge in [-0.05, 0) is 18.6 Å². The molecule has 0 bridgehead atoms. The first-order valence-corrected chi connectivity index (χ1v) is 8.70. The summed E-state index contributed by atoms with van der Waals surface area (Å²) in [5.74, 6) is -0.312. The van der Waals surface area contributed by atoms with Crippen molar-refractivity contribution in [1.29, 1.82) is 0 Å². The van der Waals surface area contributed by atoms with Crippen molar-refractivity contribution >= 4 is 16.8 Å². The minimum absolute atomic E-state index is 0.312. The van der Waals surface area contributed by atoms with Crippen LogP contribution >= 0.6 is 0 Å². The van der Waals surface area contributed by atoms with Gasteiger partial charge in [0.15, 0.2) is 6.10 Å². The summed E-state index contributed by atoms with van der Waals surface area (Å²) in [5.41, 5.74) is 3.59. The van der Waals surface area contributed by atoms with E-state index in [0.717, 1.165) is 22.2 Å². The summed E-state index contributed by atoms with van der Waals surface area (Å²) in [6.45, 7) is 6.50. The third-order valence-electron chi connectivity index (χ3n) is 4.83. The molecule has 0 spiro atoms. The molecule has 0 fully saturated rings. The van der Waals surface area contributed by atoms with Crippen LogP contribution < -0.4 is 0 Å². The van der Waals surface area contributed by atoms with Crippen LogP contribution in [-0.2, 0) is 18.4 Å². The number of aryl methyl sites for hydroxylation is 1. The van der Waals surface area contributed by atoms with Crippen LogP contribution in [0.15, 0.2) is 67.3 Å². The standard InChI is InChI=1S/C22H24N2O2/c1-4-14-24(15-17-10-6-5-7-11-17)22(26)21(25)20-16(2)23(3)19-13-9-8-12-18(19)20/h4-13,21,25H,1,14-15H2,2-3H3. The predicted molar refractivity (Wildman–Crippen MR) is 105 cm³/mol. The lowest BCUT2D eigenvalue weighted by Gasteiger charge is -2.24. The first kappa shape index (κ1) is 18.0. The van der Waals surface area contributed by atoms with E-state index in [4.69, 9.17) is 0 Å². The highest BCUT2D eigenvalue weighted by Crippen LogP contribution is 2.31. The second-order valence-corrected chi connectivity index (χ2v) is 6.47. The highest BCUT2D eigenvalue weighted by Gasteiger charge is 2.28. The molecule has 1 heterocycles. The van der Waals surface area contributed by atoms with E-state index in [9.17, 15) is 9.90 Å². The number of fused-ring (bicyclic) bond motifs is 1. The van der Waals surface area contributed by atoms with Gasteiger partial charge >= 0.3 is 0 Å². The normalized spacial score (nSPS) is 12.1. The van der Waals surface area contributed by atoms with Gasteiger partial charge in [-0.15, -0.1) is 6.58 Å². The largest absolute Gasteiger partial charge is 0.378 e. The van der Waals surface area contributed by atoms with Gasteiger partial charge < -0.3 is 14.6 Å². The Morgan fingerprint density at radius 3 is 2.54 bits per heavy atom. The average Bonchev–Trinajstić information content (AvgIpc) is 2.92. The van der Waals surface area contributed by atoms with Crippen LogP contribution in [0.1, 0.15) is 22.9 Å². The number of aromatic nitrogens is 1. The van der Waals surface area contributed by atoms with E-state index in [2.05, 4.69) is 6.58 Å². The molecule has 0 radical (unpaired) electrons. The molecule has 134 valence electrons. The van der Waals surface area contributed by atoms with Gasteiger partial charge in [0.05, 0.1) is 0 Å². The Morgan fingerprint density at radius 2 is 1.85 bits per heavy atom. The molecule has 0 aliphatic heterocycles. The Bertz CT molecular complexity index is 928. The van der Waals surface area contributed by atoms with E-state index in [1.165, 1.54) is 0 Å². The van der Waals surface area contributed by atoms with Gasteiger partial charge in [-0.3, -0.25) is 4.79 Å². The van der Waals surface area contributed by atoms with E-state index in [-0.39, 0.29) is 5.91 Å². The molecule has 0 saturated heterocycles. The lowest BCUT2D eigenvalue weighted by Crippen LogP contribution is -2.35. The van der Waals surface area contributed by atoms with Crippen LogP contribution in [0.2, 0.25) is 0 Å². The molecule has 2 aromatic carbocycles. The van der Waals surface area contributed by atoms with Crippen molar-refractivity contribution in [3.63, 3.8) is 0 Å². The van der Waals surface area contributed by atoms with Gasteiger partial charge in [0.2, 0.25) is 0 Å². The minimum Gasteiger partial charge on any atom is -0.378 e. The predicted octanol–water partition coefficient (Wildman–Crippen LogP) is 3.73. The molecular formula is C22H24N2O2. The lowest BCUT2D eigenvalue weighted by atomic mass is 10.0. The number of amides is 1. The number of hydrogen-bond acceptors (Lipinski definition) is 2. The topological polar surface area (TPSA) is 45.5 Å². The molecule has 3 rings (SSSR count). The van der Waals surface area contributed by atoms with Crippen molar-refractivity contribution in [2.45, 2.75) is 19.6 Å². The molecule has 1 aromatic heterocycles. The van der Waals surface area contributed by atoms with Crippen molar-refractivity contribution in [2.75, 3.05) is 6.54 Å². The second kappa shape index (κ2) is 7.58. The molecule has 0 saturated carbocycles. The Kier molecular flexibility index (Phi) is 5.24. The summed E-state index contributed by atoms with van der Waals surface area (Å²) in [4.78, 5) is 14.7. The fourth-order valence-corrected chi connectivity index (χ4v) is 3.38. The summed E-state index contributed by atoms with van der Waals surface area (Å²) in [5, 5.41) is 11.8. The molecule has 4 nitrogen and oxygen atoms in total. The number of carbonyl (C=O) groups excluding carboxylic acids is 1. The quantitative estimate of drug-likeness (QED) is 0.690. The average molecular weight is 348 g/mol. The minimum atomic E-state index is -1.20. The monoisotopic (exact) mass is 348 g/mol. The molecule has 1 atom stereocenters. The Labute approximate surface area is 154 Å². The van der Waals surface area contributed by atoms with Crippen LogP contribution in [-0.4, -0.2) is 27.0 Å². The number of nitrogens with zero attached hydrogens (tertiary/aromatic N) is 2. The van der Waals surface area contributed by atoms with Crippen molar-refractivity contribution in [3.8, 4) is 0 Å². The second-order valence-electron chi connectivity index (χ2n) is 6.47. The summed E-state index contributed by atoms with van der Waals surface area (Å²) in [7, 11) is 1.95. The zero-order chi connectivity index (χ0) is 18.7. The third kappa shape index (κ3) is 3.28. The lowest BCUT2D eigenvalue weighted by molar-refractivity contribution is -0.140. The van der Waals surface area contributed by atoms with E-state index < -0.39 is 6.10 Å². The zero-order valence-electron chi connectivity index (χ0n) is 15.2. The van der Waals surface area contributed by atoms with E-state index in [1.54, 1.807) is 11.0 Å². The number of hydrogen-bond donors (Lipinski definition) is 1. The number of benzene rings is 2. The maximum Gasteiger partial charge on any atom is 0.256 e. The van der Waals surface area contributed by atoms with E-state index in [0.29, 0.717) is 18.7 Å². The first-order chi connectivity index (χ1) is 12.5. The molecule has 4 heteroatoms. The number of carbonyl (C=O) groups is 1. The zero-order valence-corrected chi connectivity index (χ0v) is 15.2. The highest BCUT2D eigenvalue weighted by atomic mass is 16.3. The fourth-order valence-electron chi connectivity index (χ4n) is 3.38. The van der Waals surface area contributed by atoms with Crippen molar-refractivity contribution in [1.82, 2.24) is 9.47 Å². The van der Waals surface area contributed by atoms with Crippen molar-refractivity contribution in [2.24, 2.45) is 7.05 Å². The number of rotatable bonds is 6. The molecule has 0 aliphatic rings. The Hall–Kier alpha value is -2.85. The molecule has 26 heavy (non-hydrogen) atoms. The van der Waals surface area contributed by atoms with Gasteiger partial charge in [-0.25, -0.2) is 0 Å². The van der Waals surface area contributed by atoms with Crippen LogP contribution in [0.5, 0.6) is 0 Å². The summed E-state index contributed by atoms with van der Waals surface area (Å²) >= 11 is 0. The van der Waals surface area contributed by atoms with Gasteiger partial charge in [0.1, 0.15) is 0 Å². The maximum atomic E-state index is 13.1. The van der Waals surface area contributed by atoms with Gasteiger partial charge in [-0.1, -0.05) is 54.6 Å². The number of para-hydroxylation sites is 1. The number of aliphatic hydroxyl groups excluding tert-OH is 1. The van der Waals surface area contributed by atoms with Gasteiger partial charge in [0, 0.05) is 42.3 Å². The molecule has 3 aromatic rings. The fraction of sp³-hybridized carbons (Fsp3) is 0.227. The van der Waals surface area contributed by atoms with Crippen LogP contribution in [0.4, 0.5) is 0 Å². The summed E-state index contributed by atoms with van der Waals surface area (Å²) < 4.78 is 2.01.